The minimum Gasteiger partial charge on any atom is -0.478 e. The van der Waals surface area contributed by atoms with Gasteiger partial charge in [0.05, 0.1) is 29.1 Å². The summed E-state index contributed by atoms with van der Waals surface area (Å²) in [5.41, 5.74) is 1.17. The zero-order valence-electron chi connectivity index (χ0n) is 11.4. The molecule has 8 heteroatoms. The number of nitrogens with zero attached hydrogens (tertiary/aromatic N) is 3. The Morgan fingerprint density at radius 1 is 1.14 bits per heavy atom. The van der Waals surface area contributed by atoms with Crippen molar-refractivity contribution in [3.8, 4) is 5.69 Å². The monoisotopic (exact) mass is 303 g/mol. The number of carboxylic acids is 2. The number of aromatic carboxylic acids is 2. The number of carboxylic acid groups (broad SMARTS) is 2. The lowest BCUT2D eigenvalue weighted by Crippen LogP contribution is -2.08. The second-order valence-electron chi connectivity index (χ2n) is 5.14. The standard InChI is InChI=1S/C14H13N3O5/c18-6-11-12(7-1-2-7)17(16-15-11)10-4-8(13(19)20)3-9(5-10)14(21)22/h3-5,7,18H,1-2,6H2,(H,19,20)(H,21,22). The van der Waals surface area contributed by atoms with Gasteiger partial charge in [-0.05, 0) is 31.0 Å². The van der Waals surface area contributed by atoms with E-state index in [0.717, 1.165) is 18.9 Å². The van der Waals surface area contributed by atoms with Gasteiger partial charge in [0.1, 0.15) is 5.69 Å². The van der Waals surface area contributed by atoms with E-state index in [9.17, 15) is 14.7 Å². The molecule has 114 valence electrons. The second kappa shape index (κ2) is 5.23. The van der Waals surface area contributed by atoms with E-state index in [2.05, 4.69) is 10.3 Å². The van der Waals surface area contributed by atoms with E-state index in [0.29, 0.717) is 17.1 Å². The summed E-state index contributed by atoms with van der Waals surface area (Å²) in [6.45, 7) is -0.268. The summed E-state index contributed by atoms with van der Waals surface area (Å²) in [5.74, 6) is -2.24. The Kier molecular flexibility index (Phi) is 3.38. The minimum atomic E-state index is -1.22. The molecule has 1 aliphatic carbocycles. The molecule has 0 spiro atoms. The smallest absolute Gasteiger partial charge is 0.335 e. The van der Waals surface area contributed by atoms with Crippen molar-refractivity contribution in [3.63, 3.8) is 0 Å². The van der Waals surface area contributed by atoms with E-state index >= 15 is 0 Å². The van der Waals surface area contributed by atoms with Crippen molar-refractivity contribution in [3.05, 3.63) is 40.7 Å². The molecule has 3 N–H and O–H groups in total. The van der Waals surface area contributed by atoms with Crippen molar-refractivity contribution >= 4 is 11.9 Å². The summed E-state index contributed by atoms with van der Waals surface area (Å²) in [5, 5.41) is 35.4. The van der Waals surface area contributed by atoms with E-state index in [4.69, 9.17) is 10.2 Å². The lowest BCUT2D eigenvalue weighted by molar-refractivity contribution is 0.0696. The molecular weight excluding hydrogens is 290 g/mol. The van der Waals surface area contributed by atoms with E-state index in [1.807, 2.05) is 0 Å². The first-order valence-electron chi connectivity index (χ1n) is 6.68. The first kappa shape index (κ1) is 14.2. The Morgan fingerprint density at radius 3 is 2.18 bits per heavy atom. The van der Waals surface area contributed by atoms with Crippen LogP contribution < -0.4 is 0 Å². The molecule has 8 nitrogen and oxygen atoms in total. The molecule has 1 fully saturated rings. The van der Waals surface area contributed by atoms with E-state index in [-0.39, 0.29) is 23.7 Å². The molecule has 0 bridgehead atoms. The zero-order chi connectivity index (χ0) is 15.9. The SMILES string of the molecule is O=C(O)c1cc(C(=O)O)cc(-n2nnc(CO)c2C2CC2)c1. The topological polar surface area (TPSA) is 126 Å². The Balaban J connectivity index is 2.17. The fourth-order valence-corrected chi connectivity index (χ4v) is 2.37. The lowest BCUT2D eigenvalue weighted by atomic mass is 10.1. The molecule has 1 aromatic carbocycles. The number of carbonyl (C=O) groups is 2. The highest BCUT2D eigenvalue weighted by Crippen LogP contribution is 2.42. The zero-order valence-corrected chi connectivity index (χ0v) is 11.4. The first-order chi connectivity index (χ1) is 10.5. The van der Waals surface area contributed by atoms with Gasteiger partial charge in [-0.1, -0.05) is 5.21 Å². The summed E-state index contributed by atoms with van der Waals surface area (Å²) in [6, 6.07) is 3.78. The molecule has 2 aromatic rings. The Bertz CT molecular complexity index is 732. The fraction of sp³-hybridized carbons (Fsp3) is 0.286. The Labute approximate surface area is 124 Å². The van der Waals surface area contributed by atoms with Crippen molar-refractivity contribution in [2.75, 3.05) is 0 Å². The van der Waals surface area contributed by atoms with Crippen molar-refractivity contribution in [2.45, 2.75) is 25.4 Å². The summed E-state index contributed by atoms with van der Waals surface area (Å²) in [4.78, 5) is 22.3. The molecule has 0 radical (unpaired) electrons. The van der Waals surface area contributed by atoms with Crippen LogP contribution in [-0.2, 0) is 6.61 Å². The molecule has 1 heterocycles. The molecule has 0 unspecified atom stereocenters. The van der Waals surface area contributed by atoms with Gasteiger partial charge in [-0.3, -0.25) is 0 Å². The summed E-state index contributed by atoms with van der Waals surface area (Å²) in [6.07, 6.45) is 1.87. The summed E-state index contributed by atoms with van der Waals surface area (Å²) < 4.78 is 1.42. The molecular formula is C14H13N3O5. The van der Waals surface area contributed by atoms with Gasteiger partial charge in [0.15, 0.2) is 0 Å². The molecule has 0 aliphatic heterocycles. The van der Waals surface area contributed by atoms with Gasteiger partial charge in [0, 0.05) is 5.92 Å². The van der Waals surface area contributed by atoms with Crippen molar-refractivity contribution in [2.24, 2.45) is 0 Å². The summed E-state index contributed by atoms with van der Waals surface area (Å²) in [7, 11) is 0. The molecule has 0 amide bonds. The maximum atomic E-state index is 11.2. The molecule has 0 atom stereocenters. The van der Waals surface area contributed by atoms with Crippen LogP contribution >= 0.6 is 0 Å². The Hall–Kier alpha value is -2.74. The van der Waals surface area contributed by atoms with Gasteiger partial charge in [0.2, 0.25) is 0 Å². The molecule has 1 aromatic heterocycles. The maximum Gasteiger partial charge on any atom is 0.335 e. The van der Waals surface area contributed by atoms with Crippen LogP contribution in [0, 0.1) is 0 Å². The van der Waals surface area contributed by atoms with Gasteiger partial charge in [-0.2, -0.15) is 0 Å². The predicted octanol–water partition coefficient (Wildman–Crippen LogP) is 1.03. The van der Waals surface area contributed by atoms with Crippen LogP contribution in [0.1, 0.15) is 50.9 Å². The van der Waals surface area contributed by atoms with E-state index in [1.165, 1.54) is 16.8 Å². The average molecular weight is 303 g/mol. The Morgan fingerprint density at radius 2 is 1.73 bits per heavy atom. The van der Waals surface area contributed by atoms with Crippen LogP contribution in [0.15, 0.2) is 18.2 Å². The number of rotatable bonds is 5. The maximum absolute atomic E-state index is 11.2. The number of hydrogen-bond donors (Lipinski definition) is 3. The molecule has 22 heavy (non-hydrogen) atoms. The molecule has 1 saturated carbocycles. The number of aliphatic hydroxyl groups excluding tert-OH is 1. The third-order valence-corrected chi connectivity index (χ3v) is 3.55. The van der Waals surface area contributed by atoms with Gasteiger partial charge in [0.25, 0.3) is 0 Å². The second-order valence-corrected chi connectivity index (χ2v) is 5.14. The third-order valence-electron chi connectivity index (χ3n) is 3.55. The third kappa shape index (κ3) is 2.44. The fourth-order valence-electron chi connectivity index (χ4n) is 2.37. The van der Waals surface area contributed by atoms with Crippen LogP contribution in [0.2, 0.25) is 0 Å². The van der Waals surface area contributed by atoms with Crippen molar-refractivity contribution in [1.82, 2.24) is 15.0 Å². The minimum absolute atomic E-state index is 0.141. The highest BCUT2D eigenvalue weighted by molar-refractivity contribution is 5.94. The highest BCUT2D eigenvalue weighted by Gasteiger charge is 2.31. The van der Waals surface area contributed by atoms with Crippen LogP contribution in [-0.4, -0.2) is 42.3 Å². The van der Waals surface area contributed by atoms with Crippen LogP contribution in [0.5, 0.6) is 0 Å². The van der Waals surface area contributed by atoms with Gasteiger partial charge >= 0.3 is 11.9 Å². The first-order valence-corrected chi connectivity index (χ1v) is 6.68. The predicted molar refractivity (Wildman–Crippen MR) is 73.2 cm³/mol. The molecule has 3 rings (SSSR count). The number of benzene rings is 1. The van der Waals surface area contributed by atoms with E-state index < -0.39 is 11.9 Å². The largest absolute Gasteiger partial charge is 0.478 e. The number of aromatic nitrogens is 3. The highest BCUT2D eigenvalue weighted by atomic mass is 16.4. The number of hydrogen-bond acceptors (Lipinski definition) is 5. The molecule has 0 saturated heterocycles. The molecule has 1 aliphatic rings. The van der Waals surface area contributed by atoms with Crippen LogP contribution in [0.4, 0.5) is 0 Å². The lowest BCUT2D eigenvalue weighted by Gasteiger charge is -2.09. The number of aliphatic hydroxyl groups is 1. The van der Waals surface area contributed by atoms with E-state index in [1.54, 1.807) is 0 Å². The van der Waals surface area contributed by atoms with Crippen molar-refractivity contribution in [1.29, 1.82) is 0 Å². The van der Waals surface area contributed by atoms with Gasteiger partial charge in [-0.15, -0.1) is 5.10 Å². The van der Waals surface area contributed by atoms with Crippen LogP contribution in [0.3, 0.4) is 0 Å². The summed E-state index contributed by atoms with van der Waals surface area (Å²) >= 11 is 0. The van der Waals surface area contributed by atoms with Crippen molar-refractivity contribution < 1.29 is 24.9 Å². The van der Waals surface area contributed by atoms with Gasteiger partial charge in [-0.25, -0.2) is 14.3 Å². The average Bonchev–Trinajstić information content (AvgIpc) is 3.25. The normalized spacial score (nSPS) is 14.0. The van der Waals surface area contributed by atoms with Gasteiger partial charge < -0.3 is 15.3 Å². The quantitative estimate of drug-likeness (QED) is 0.753. The van der Waals surface area contributed by atoms with Crippen LogP contribution in [0.25, 0.3) is 5.69 Å².